The average molecular weight is 469 g/mol. The van der Waals surface area contributed by atoms with Gasteiger partial charge in [0.05, 0.1) is 13.2 Å². The summed E-state index contributed by atoms with van der Waals surface area (Å²) in [7, 11) is 0. The molecule has 3 heterocycles. The van der Waals surface area contributed by atoms with Crippen LogP contribution in [-0.4, -0.2) is 77.0 Å². The van der Waals surface area contributed by atoms with E-state index in [0.29, 0.717) is 18.5 Å². The Hall–Kier alpha value is -2.98. The first kappa shape index (κ1) is 21.5. The molecule has 1 aromatic carbocycles. The second-order valence-corrected chi connectivity index (χ2v) is 10.2. The predicted octanol–water partition coefficient (Wildman–Crippen LogP) is 0.681. The molecule has 4 amide bonds. The zero-order valence-electron chi connectivity index (χ0n) is 18.9. The van der Waals surface area contributed by atoms with Crippen molar-refractivity contribution in [3.8, 4) is 0 Å². The molecular weight excluding hydrogens is 440 g/mol. The molecule has 1 aromatic rings. The predicted molar refractivity (Wildman–Crippen MR) is 118 cm³/mol. The van der Waals surface area contributed by atoms with Gasteiger partial charge in [-0.3, -0.25) is 24.6 Å². The molecule has 34 heavy (non-hydrogen) atoms. The molecule has 0 spiro atoms. The van der Waals surface area contributed by atoms with Crippen molar-refractivity contribution in [1.82, 2.24) is 20.4 Å². The second kappa shape index (κ2) is 7.78. The molecule has 0 aromatic heterocycles. The number of hydrogen-bond donors (Lipinski definition) is 2. The zero-order chi connectivity index (χ0) is 23.5. The van der Waals surface area contributed by atoms with Gasteiger partial charge in [0, 0.05) is 42.7 Å². The Morgan fingerprint density at radius 2 is 1.94 bits per heavy atom. The van der Waals surface area contributed by atoms with Gasteiger partial charge in [-0.2, -0.15) is 0 Å². The number of benzene rings is 1. The minimum atomic E-state index is -0.642. The van der Waals surface area contributed by atoms with Crippen molar-refractivity contribution in [2.24, 2.45) is 0 Å². The first-order chi connectivity index (χ1) is 16.4. The number of carbonyl (C=O) groups excluding carboxylic acids is 4. The van der Waals surface area contributed by atoms with E-state index in [4.69, 9.17) is 9.47 Å². The number of fused-ring (bicyclic) bond motifs is 1. The van der Waals surface area contributed by atoms with Gasteiger partial charge in [0.15, 0.2) is 0 Å². The normalized spacial score (nSPS) is 32.4. The topological polar surface area (TPSA) is 117 Å². The summed E-state index contributed by atoms with van der Waals surface area (Å²) in [5.74, 6) is -0.974. The monoisotopic (exact) mass is 468 g/mol. The summed E-state index contributed by atoms with van der Waals surface area (Å²) in [6.07, 6.45) is 2.98. The highest BCUT2D eigenvalue weighted by atomic mass is 16.5. The van der Waals surface area contributed by atoms with Gasteiger partial charge in [0.1, 0.15) is 12.6 Å². The first-order valence-electron chi connectivity index (χ1n) is 11.9. The third kappa shape index (κ3) is 3.47. The molecule has 1 unspecified atom stereocenters. The Morgan fingerprint density at radius 3 is 2.68 bits per heavy atom. The number of morpholine rings is 1. The number of hydrogen-bond acceptors (Lipinski definition) is 7. The quantitative estimate of drug-likeness (QED) is 0.611. The third-order valence-corrected chi connectivity index (χ3v) is 8.01. The highest BCUT2D eigenvalue weighted by Crippen LogP contribution is 2.63. The van der Waals surface area contributed by atoms with Crippen molar-refractivity contribution in [3.05, 3.63) is 34.9 Å². The number of imide groups is 1. The summed E-state index contributed by atoms with van der Waals surface area (Å²) < 4.78 is 10.9. The van der Waals surface area contributed by atoms with Crippen LogP contribution in [0.4, 0.5) is 4.79 Å². The Bertz CT molecular complexity index is 1060. The Kier molecular flexibility index (Phi) is 4.93. The van der Waals surface area contributed by atoms with E-state index in [9.17, 15) is 19.2 Å². The van der Waals surface area contributed by atoms with Crippen LogP contribution in [0.5, 0.6) is 0 Å². The van der Waals surface area contributed by atoms with E-state index >= 15 is 0 Å². The van der Waals surface area contributed by atoms with Gasteiger partial charge in [-0.25, -0.2) is 4.79 Å². The van der Waals surface area contributed by atoms with Gasteiger partial charge in [-0.1, -0.05) is 12.1 Å². The van der Waals surface area contributed by atoms with Gasteiger partial charge in [-0.15, -0.1) is 0 Å². The molecule has 7 rings (SSSR count). The summed E-state index contributed by atoms with van der Waals surface area (Å²) >= 11 is 0. The van der Waals surface area contributed by atoms with Crippen molar-refractivity contribution < 1.29 is 28.7 Å². The average Bonchev–Trinajstić information content (AvgIpc) is 3.10. The van der Waals surface area contributed by atoms with E-state index in [0.717, 1.165) is 56.7 Å². The van der Waals surface area contributed by atoms with Crippen molar-refractivity contribution in [2.45, 2.75) is 62.4 Å². The number of carbonyl (C=O) groups is 4. The van der Waals surface area contributed by atoms with Gasteiger partial charge >= 0.3 is 6.09 Å². The third-order valence-electron chi connectivity index (χ3n) is 8.01. The maximum absolute atomic E-state index is 12.9. The van der Waals surface area contributed by atoms with Gasteiger partial charge in [0.25, 0.3) is 5.91 Å². The Labute approximate surface area is 196 Å². The van der Waals surface area contributed by atoms with Crippen LogP contribution in [0.15, 0.2) is 18.2 Å². The maximum atomic E-state index is 12.9. The van der Waals surface area contributed by atoms with E-state index in [-0.39, 0.29) is 35.9 Å². The molecule has 6 aliphatic rings. The molecule has 3 saturated carbocycles. The fourth-order valence-corrected chi connectivity index (χ4v) is 6.33. The summed E-state index contributed by atoms with van der Waals surface area (Å²) in [6, 6.07) is 4.76. The summed E-state index contributed by atoms with van der Waals surface area (Å²) in [5.41, 5.74) is 2.13. The summed E-state index contributed by atoms with van der Waals surface area (Å²) in [5, 5.41) is 5.35. The number of nitrogens with zero attached hydrogens (tertiary/aromatic N) is 2. The number of nitrogens with one attached hydrogen (secondary N) is 2. The fourth-order valence-electron chi connectivity index (χ4n) is 6.33. The first-order valence-corrected chi connectivity index (χ1v) is 11.9. The molecule has 10 nitrogen and oxygen atoms in total. The highest BCUT2D eigenvalue weighted by molar-refractivity contribution is 6.05. The Balaban J connectivity index is 1.02. The lowest BCUT2D eigenvalue weighted by Gasteiger charge is -2.74. The van der Waals surface area contributed by atoms with E-state index in [2.05, 4.69) is 15.5 Å². The Morgan fingerprint density at radius 1 is 1.18 bits per heavy atom. The van der Waals surface area contributed by atoms with Crippen molar-refractivity contribution in [3.63, 3.8) is 0 Å². The zero-order valence-corrected chi connectivity index (χ0v) is 18.9. The summed E-state index contributed by atoms with van der Waals surface area (Å²) in [4.78, 5) is 53.0. The van der Waals surface area contributed by atoms with Crippen LogP contribution in [0, 0.1) is 0 Å². The van der Waals surface area contributed by atoms with E-state index < -0.39 is 18.0 Å². The van der Waals surface area contributed by atoms with Crippen LogP contribution in [0.25, 0.3) is 0 Å². The molecule has 2 saturated heterocycles. The molecule has 10 heteroatoms. The van der Waals surface area contributed by atoms with Gasteiger partial charge in [-0.05, 0) is 42.9 Å². The molecule has 5 fully saturated rings. The van der Waals surface area contributed by atoms with Crippen LogP contribution in [-0.2, 0) is 32.2 Å². The molecule has 3 aliphatic heterocycles. The molecule has 1 atom stereocenters. The van der Waals surface area contributed by atoms with Crippen molar-refractivity contribution in [2.75, 3.05) is 26.3 Å². The number of rotatable bonds is 5. The van der Waals surface area contributed by atoms with Crippen LogP contribution < -0.4 is 10.6 Å². The maximum Gasteiger partial charge on any atom is 0.407 e. The largest absolute Gasteiger partial charge is 0.445 e. The molecule has 2 bridgehead atoms. The van der Waals surface area contributed by atoms with Crippen molar-refractivity contribution >= 4 is 23.8 Å². The molecular formula is C24H28N4O6. The van der Waals surface area contributed by atoms with Crippen LogP contribution in [0.2, 0.25) is 0 Å². The lowest BCUT2D eigenvalue weighted by Crippen LogP contribution is -2.84. The number of amides is 4. The highest BCUT2D eigenvalue weighted by Gasteiger charge is 2.71. The van der Waals surface area contributed by atoms with Gasteiger partial charge < -0.3 is 19.7 Å². The summed E-state index contributed by atoms with van der Waals surface area (Å²) in [6.45, 7) is 3.86. The van der Waals surface area contributed by atoms with E-state index in [1.54, 1.807) is 6.07 Å². The standard InChI is InChI=1S/C24H28N4O6/c29-19-4-3-18(20(30)25-19)28-10-16-2-1-15(9-17(16)21(28)31)11-34-22(32)26-23-12-24(13-23,14-23)27-5-7-33-8-6-27/h1-2,9,18H,3-8,10-14H2,(H,26,32)(H,25,29,30). The molecule has 3 aliphatic carbocycles. The molecule has 0 radical (unpaired) electrons. The minimum absolute atomic E-state index is 0.0650. The number of piperidine rings is 1. The lowest BCUT2D eigenvalue weighted by molar-refractivity contribution is -0.193. The molecule has 2 N–H and O–H groups in total. The van der Waals surface area contributed by atoms with Crippen LogP contribution in [0.1, 0.15) is 53.6 Å². The van der Waals surface area contributed by atoms with E-state index in [1.165, 1.54) is 4.90 Å². The smallest absolute Gasteiger partial charge is 0.407 e. The second-order valence-electron chi connectivity index (χ2n) is 10.2. The van der Waals surface area contributed by atoms with Crippen LogP contribution in [0.3, 0.4) is 0 Å². The fraction of sp³-hybridized carbons (Fsp3) is 0.583. The lowest BCUT2D eigenvalue weighted by atomic mass is 9.43. The van der Waals surface area contributed by atoms with E-state index in [1.807, 2.05) is 12.1 Å². The van der Waals surface area contributed by atoms with Crippen molar-refractivity contribution in [1.29, 1.82) is 0 Å². The van der Waals surface area contributed by atoms with Gasteiger partial charge in [0.2, 0.25) is 11.8 Å². The molecule has 180 valence electrons. The minimum Gasteiger partial charge on any atom is -0.445 e. The SMILES string of the molecule is O=C1CCC(N2Cc3ccc(COC(=O)NC45CC(N6CCOCC6)(C4)C5)cc3C2=O)C(=O)N1. The number of ether oxygens (including phenoxy) is 2. The number of alkyl carbamates (subject to hydrolysis) is 1. The van der Waals surface area contributed by atoms with Crippen LogP contribution >= 0.6 is 0 Å².